The second-order valence-corrected chi connectivity index (χ2v) is 3.64. The first-order chi connectivity index (χ1) is 8.22. The maximum Gasteiger partial charge on any atom is 0.242 e. The highest BCUT2D eigenvalue weighted by atomic mass is 16.5. The number of nitrogens with zero attached hydrogens (tertiary/aromatic N) is 2. The van der Waals surface area contributed by atoms with Crippen molar-refractivity contribution in [2.24, 2.45) is 0 Å². The number of aliphatic hydroxyl groups is 1. The van der Waals surface area contributed by atoms with E-state index in [9.17, 15) is 0 Å². The van der Waals surface area contributed by atoms with E-state index in [4.69, 9.17) is 15.6 Å². The zero-order chi connectivity index (χ0) is 12.7. The first-order valence-electron chi connectivity index (χ1n) is 5.83. The van der Waals surface area contributed by atoms with Gasteiger partial charge in [0.15, 0.2) is 5.82 Å². The van der Waals surface area contributed by atoms with Crippen molar-refractivity contribution in [3.63, 3.8) is 0 Å². The van der Waals surface area contributed by atoms with Gasteiger partial charge in [0.25, 0.3) is 0 Å². The minimum Gasteiger partial charge on any atom is -0.476 e. The Balaban J connectivity index is 2.79. The first-order valence-corrected chi connectivity index (χ1v) is 5.83. The summed E-state index contributed by atoms with van der Waals surface area (Å²) in [4.78, 5) is 8.04. The molecule has 0 fully saturated rings. The summed E-state index contributed by atoms with van der Waals surface area (Å²) in [6, 6.07) is 0.145. The monoisotopic (exact) mass is 240 g/mol. The molecule has 0 aromatic carbocycles. The fourth-order valence-electron chi connectivity index (χ4n) is 1.47. The lowest BCUT2D eigenvalue weighted by Crippen LogP contribution is -2.21. The molecule has 0 saturated heterocycles. The molecular formula is C11H20N4O2. The molecule has 1 aromatic heterocycles. The van der Waals surface area contributed by atoms with E-state index in [-0.39, 0.29) is 12.6 Å². The SMILES string of the molecule is CCOc1ncnc(NC(CC)CCO)c1N. The van der Waals surface area contributed by atoms with E-state index < -0.39 is 0 Å². The number of nitrogen functional groups attached to an aromatic ring is 1. The number of hydrogen-bond donors (Lipinski definition) is 3. The normalized spacial score (nSPS) is 12.2. The average Bonchev–Trinajstić information content (AvgIpc) is 2.33. The van der Waals surface area contributed by atoms with Gasteiger partial charge >= 0.3 is 0 Å². The highest BCUT2D eigenvalue weighted by molar-refractivity contribution is 5.66. The Morgan fingerprint density at radius 3 is 2.82 bits per heavy atom. The summed E-state index contributed by atoms with van der Waals surface area (Å²) in [5.74, 6) is 0.951. The van der Waals surface area contributed by atoms with Crippen LogP contribution in [0.2, 0.25) is 0 Å². The maximum absolute atomic E-state index is 8.93. The van der Waals surface area contributed by atoms with Gasteiger partial charge in [0.1, 0.15) is 12.0 Å². The van der Waals surface area contributed by atoms with Crippen LogP contribution in [0.1, 0.15) is 26.7 Å². The van der Waals surface area contributed by atoms with Crippen molar-refractivity contribution in [3.8, 4) is 5.88 Å². The molecule has 1 unspecified atom stereocenters. The van der Waals surface area contributed by atoms with Gasteiger partial charge in [-0.1, -0.05) is 6.92 Å². The molecule has 6 nitrogen and oxygen atoms in total. The van der Waals surface area contributed by atoms with Gasteiger partial charge in [0.05, 0.1) is 6.61 Å². The van der Waals surface area contributed by atoms with Gasteiger partial charge in [0, 0.05) is 12.6 Å². The van der Waals surface area contributed by atoms with Crippen LogP contribution in [-0.4, -0.2) is 34.3 Å². The fraction of sp³-hybridized carbons (Fsp3) is 0.636. The Morgan fingerprint density at radius 2 is 2.24 bits per heavy atom. The van der Waals surface area contributed by atoms with E-state index in [2.05, 4.69) is 15.3 Å². The van der Waals surface area contributed by atoms with Gasteiger partial charge in [-0.3, -0.25) is 0 Å². The van der Waals surface area contributed by atoms with Gasteiger partial charge in [-0.2, -0.15) is 4.98 Å². The number of aliphatic hydroxyl groups excluding tert-OH is 1. The Bertz CT molecular complexity index is 346. The van der Waals surface area contributed by atoms with E-state index in [1.54, 1.807) is 0 Å². The molecule has 1 rings (SSSR count). The number of rotatable bonds is 7. The minimum atomic E-state index is 0.134. The number of anilines is 2. The van der Waals surface area contributed by atoms with Gasteiger partial charge < -0.3 is 20.9 Å². The summed E-state index contributed by atoms with van der Waals surface area (Å²) < 4.78 is 5.29. The van der Waals surface area contributed by atoms with Crippen LogP contribution in [0.25, 0.3) is 0 Å². The quantitative estimate of drug-likeness (QED) is 0.659. The zero-order valence-corrected chi connectivity index (χ0v) is 10.3. The number of aromatic nitrogens is 2. The van der Waals surface area contributed by atoms with Crippen molar-refractivity contribution in [2.45, 2.75) is 32.7 Å². The van der Waals surface area contributed by atoms with Gasteiger partial charge in [-0.15, -0.1) is 0 Å². The van der Waals surface area contributed by atoms with Crippen LogP contribution in [0.3, 0.4) is 0 Å². The minimum absolute atomic E-state index is 0.134. The first kappa shape index (κ1) is 13.5. The van der Waals surface area contributed by atoms with Crippen LogP contribution >= 0.6 is 0 Å². The number of nitrogens with two attached hydrogens (primary N) is 1. The van der Waals surface area contributed by atoms with Crippen LogP contribution in [0.4, 0.5) is 11.5 Å². The van der Waals surface area contributed by atoms with Gasteiger partial charge in [-0.25, -0.2) is 4.98 Å². The number of hydrogen-bond acceptors (Lipinski definition) is 6. The Kier molecular flexibility index (Phi) is 5.48. The second-order valence-electron chi connectivity index (χ2n) is 3.64. The fourth-order valence-corrected chi connectivity index (χ4v) is 1.47. The van der Waals surface area contributed by atoms with Crippen LogP contribution in [0.15, 0.2) is 6.33 Å². The molecule has 0 aliphatic carbocycles. The van der Waals surface area contributed by atoms with Crippen molar-refractivity contribution in [1.29, 1.82) is 0 Å². The van der Waals surface area contributed by atoms with Crippen LogP contribution < -0.4 is 15.8 Å². The Labute approximate surface area is 101 Å². The molecule has 4 N–H and O–H groups in total. The van der Waals surface area contributed by atoms with E-state index in [1.165, 1.54) is 6.33 Å². The third kappa shape index (κ3) is 3.74. The maximum atomic E-state index is 8.93. The summed E-state index contributed by atoms with van der Waals surface area (Å²) in [5.41, 5.74) is 6.30. The average molecular weight is 240 g/mol. The summed E-state index contributed by atoms with van der Waals surface area (Å²) in [7, 11) is 0. The summed E-state index contributed by atoms with van der Waals surface area (Å²) in [5, 5.41) is 12.1. The van der Waals surface area contributed by atoms with E-state index in [0.717, 1.165) is 6.42 Å². The molecule has 1 heterocycles. The molecular weight excluding hydrogens is 220 g/mol. The predicted molar refractivity (Wildman–Crippen MR) is 67.0 cm³/mol. The summed E-state index contributed by atoms with van der Waals surface area (Å²) in [6.45, 7) is 4.55. The molecule has 17 heavy (non-hydrogen) atoms. The third-order valence-electron chi connectivity index (χ3n) is 2.44. The highest BCUT2D eigenvalue weighted by Gasteiger charge is 2.12. The molecule has 1 atom stereocenters. The topological polar surface area (TPSA) is 93.3 Å². The molecule has 0 amide bonds. The summed E-state index contributed by atoms with van der Waals surface area (Å²) in [6.07, 6.45) is 2.95. The predicted octanol–water partition coefficient (Wildman–Crippen LogP) is 1.03. The molecule has 0 aliphatic rings. The van der Waals surface area contributed by atoms with Crippen molar-refractivity contribution < 1.29 is 9.84 Å². The largest absolute Gasteiger partial charge is 0.476 e. The molecule has 0 aliphatic heterocycles. The standard InChI is InChI=1S/C11H20N4O2/c1-3-8(5-6-16)15-10-9(12)11(17-4-2)14-7-13-10/h7-8,16H,3-6,12H2,1-2H3,(H,13,14,15). The third-order valence-corrected chi connectivity index (χ3v) is 2.44. The molecule has 0 radical (unpaired) electrons. The smallest absolute Gasteiger partial charge is 0.242 e. The summed E-state index contributed by atoms with van der Waals surface area (Å²) >= 11 is 0. The lowest BCUT2D eigenvalue weighted by Gasteiger charge is -2.18. The van der Waals surface area contributed by atoms with Crippen molar-refractivity contribution in [1.82, 2.24) is 9.97 Å². The van der Waals surface area contributed by atoms with E-state index in [0.29, 0.717) is 30.4 Å². The Hall–Kier alpha value is -1.56. The Morgan fingerprint density at radius 1 is 1.47 bits per heavy atom. The van der Waals surface area contributed by atoms with Gasteiger partial charge in [0.2, 0.25) is 5.88 Å². The van der Waals surface area contributed by atoms with Crippen LogP contribution in [-0.2, 0) is 0 Å². The van der Waals surface area contributed by atoms with Crippen molar-refractivity contribution in [2.75, 3.05) is 24.3 Å². The highest BCUT2D eigenvalue weighted by Crippen LogP contribution is 2.25. The van der Waals surface area contributed by atoms with Crippen LogP contribution in [0.5, 0.6) is 5.88 Å². The van der Waals surface area contributed by atoms with E-state index >= 15 is 0 Å². The lowest BCUT2D eigenvalue weighted by atomic mass is 10.1. The number of nitrogens with one attached hydrogen (secondary N) is 1. The van der Waals surface area contributed by atoms with Crippen molar-refractivity contribution in [3.05, 3.63) is 6.33 Å². The lowest BCUT2D eigenvalue weighted by molar-refractivity contribution is 0.278. The molecule has 6 heteroatoms. The zero-order valence-electron chi connectivity index (χ0n) is 10.3. The molecule has 0 saturated carbocycles. The van der Waals surface area contributed by atoms with Crippen LogP contribution in [0, 0.1) is 0 Å². The van der Waals surface area contributed by atoms with E-state index in [1.807, 2.05) is 13.8 Å². The molecule has 0 bridgehead atoms. The number of ether oxygens (including phenoxy) is 1. The van der Waals surface area contributed by atoms with Gasteiger partial charge in [-0.05, 0) is 19.8 Å². The second kappa shape index (κ2) is 6.90. The molecule has 96 valence electrons. The molecule has 1 aromatic rings. The van der Waals surface area contributed by atoms with Crippen molar-refractivity contribution >= 4 is 11.5 Å². The molecule has 0 spiro atoms.